The number of nitrogens with one attached hydrogen (secondary N) is 1. The van der Waals surface area contributed by atoms with Crippen LogP contribution < -0.4 is 5.32 Å². The zero-order valence-corrected chi connectivity index (χ0v) is 12.3. The number of non-ortho nitro benzene ring substituents is 1. The summed E-state index contributed by atoms with van der Waals surface area (Å²) in [5.74, 6) is 0. The zero-order chi connectivity index (χ0) is 15.7. The van der Waals surface area contributed by atoms with E-state index in [0.29, 0.717) is 0 Å². The number of anilines is 2. The molecule has 0 fully saturated rings. The summed E-state index contributed by atoms with van der Waals surface area (Å²) in [6.07, 6.45) is 1.77. The Kier molecular flexibility index (Phi) is 3.47. The first kappa shape index (κ1) is 14.0. The Morgan fingerprint density at radius 2 is 1.77 bits per heavy atom. The van der Waals surface area contributed by atoms with Gasteiger partial charge in [0.05, 0.1) is 10.4 Å². The van der Waals surface area contributed by atoms with Crippen LogP contribution in [0, 0.1) is 24.0 Å². The minimum Gasteiger partial charge on any atom is -0.355 e. The lowest BCUT2D eigenvalue weighted by molar-refractivity contribution is -0.384. The molecule has 0 spiro atoms. The molecule has 3 aromatic rings. The Balaban J connectivity index is 2.00. The number of aromatic nitrogens is 1. The van der Waals surface area contributed by atoms with Crippen molar-refractivity contribution < 1.29 is 4.92 Å². The van der Waals surface area contributed by atoms with Crippen LogP contribution in [0.4, 0.5) is 17.1 Å². The number of nitro groups is 1. The number of rotatable bonds is 3. The molecule has 0 bridgehead atoms. The number of aryl methyl sites for hydroxylation is 2. The lowest BCUT2D eigenvalue weighted by Gasteiger charge is -2.11. The largest absolute Gasteiger partial charge is 0.355 e. The molecule has 1 N–H and O–H groups in total. The summed E-state index contributed by atoms with van der Waals surface area (Å²) in [4.78, 5) is 14.7. The molecule has 2 aromatic carbocycles. The van der Waals surface area contributed by atoms with Gasteiger partial charge >= 0.3 is 0 Å². The van der Waals surface area contributed by atoms with Crippen molar-refractivity contribution in [2.75, 3.05) is 5.32 Å². The van der Waals surface area contributed by atoms with E-state index in [1.54, 1.807) is 18.3 Å². The topological polar surface area (TPSA) is 68.1 Å². The third-order valence-electron chi connectivity index (χ3n) is 3.79. The first-order chi connectivity index (χ1) is 10.6. The summed E-state index contributed by atoms with van der Waals surface area (Å²) in [5.41, 5.74) is 5.14. The Hall–Kier alpha value is -2.95. The van der Waals surface area contributed by atoms with E-state index in [9.17, 15) is 10.1 Å². The van der Waals surface area contributed by atoms with Crippen LogP contribution in [0.1, 0.15) is 11.1 Å². The second-order valence-electron chi connectivity index (χ2n) is 5.19. The van der Waals surface area contributed by atoms with E-state index in [1.165, 1.54) is 17.7 Å². The van der Waals surface area contributed by atoms with Crippen LogP contribution in [0.25, 0.3) is 10.9 Å². The SMILES string of the molecule is Cc1ccc2c(Nc3ccc([N+](=O)[O-])cc3)ccnc2c1C. The molecule has 0 aliphatic carbocycles. The third-order valence-corrected chi connectivity index (χ3v) is 3.79. The van der Waals surface area contributed by atoms with Gasteiger partial charge in [0.1, 0.15) is 0 Å². The molecule has 0 radical (unpaired) electrons. The maximum Gasteiger partial charge on any atom is 0.269 e. The fourth-order valence-corrected chi connectivity index (χ4v) is 2.39. The molecule has 0 unspecified atom stereocenters. The Bertz CT molecular complexity index is 858. The maximum absolute atomic E-state index is 10.7. The van der Waals surface area contributed by atoms with Crippen LogP contribution in [0.2, 0.25) is 0 Å². The molecule has 1 aromatic heterocycles. The standard InChI is InChI=1S/C17H15N3O2/c1-11-3-8-15-16(9-10-18-17(15)12(11)2)19-13-4-6-14(7-5-13)20(21)22/h3-10H,1-2H3,(H,18,19). The van der Waals surface area contributed by atoms with Gasteiger partial charge in [-0.1, -0.05) is 12.1 Å². The Morgan fingerprint density at radius 3 is 2.45 bits per heavy atom. The highest BCUT2D eigenvalue weighted by atomic mass is 16.6. The smallest absolute Gasteiger partial charge is 0.269 e. The van der Waals surface area contributed by atoms with Gasteiger partial charge in [0.25, 0.3) is 5.69 Å². The molecule has 0 saturated heterocycles. The van der Waals surface area contributed by atoms with Gasteiger partial charge in [0.15, 0.2) is 0 Å². The number of fused-ring (bicyclic) bond motifs is 1. The predicted octanol–water partition coefficient (Wildman–Crippen LogP) is 4.50. The van der Waals surface area contributed by atoms with Crippen LogP contribution in [0.5, 0.6) is 0 Å². The van der Waals surface area contributed by atoms with E-state index in [0.717, 1.165) is 27.8 Å². The number of nitrogens with zero attached hydrogens (tertiary/aromatic N) is 2. The van der Waals surface area contributed by atoms with Crippen LogP contribution in [0.3, 0.4) is 0 Å². The van der Waals surface area contributed by atoms with Crippen molar-refractivity contribution in [3.05, 3.63) is 69.9 Å². The molecule has 110 valence electrons. The van der Waals surface area contributed by atoms with Crippen molar-refractivity contribution >= 4 is 28.0 Å². The third kappa shape index (κ3) is 2.48. The zero-order valence-electron chi connectivity index (χ0n) is 12.3. The van der Waals surface area contributed by atoms with Crippen molar-refractivity contribution in [2.45, 2.75) is 13.8 Å². The molecular weight excluding hydrogens is 278 g/mol. The molecular formula is C17H15N3O2. The summed E-state index contributed by atoms with van der Waals surface area (Å²) in [6.45, 7) is 4.12. The lowest BCUT2D eigenvalue weighted by atomic mass is 10.0. The average molecular weight is 293 g/mol. The van der Waals surface area contributed by atoms with Gasteiger partial charge in [-0.2, -0.15) is 0 Å². The van der Waals surface area contributed by atoms with E-state index in [1.807, 2.05) is 12.1 Å². The highest BCUT2D eigenvalue weighted by Gasteiger charge is 2.08. The van der Waals surface area contributed by atoms with E-state index < -0.39 is 4.92 Å². The van der Waals surface area contributed by atoms with Crippen molar-refractivity contribution in [3.63, 3.8) is 0 Å². The summed E-state index contributed by atoms with van der Waals surface area (Å²) < 4.78 is 0. The predicted molar refractivity (Wildman–Crippen MR) is 87.6 cm³/mol. The number of pyridine rings is 1. The second kappa shape index (κ2) is 5.44. The second-order valence-corrected chi connectivity index (χ2v) is 5.19. The molecule has 0 saturated carbocycles. The number of benzene rings is 2. The number of hydrogen-bond donors (Lipinski definition) is 1. The summed E-state index contributed by atoms with van der Waals surface area (Å²) >= 11 is 0. The Morgan fingerprint density at radius 1 is 1.05 bits per heavy atom. The van der Waals surface area contributed by atoms with Crippen LogP contribution in [-0.2, 0) is 0 Å². The van der Waals surface area contributed by atoms with Gasteiger partial charge in [-0.25, -0.2) is 0 Å². The minimum absolute atomic E-state index is 0.0802. The maximum atomic E-state index is 10.7. The fourth-order valence-electron chi connectivity index (χ4n) is 2.39. The molecule has 0 aliphatic rings. The highest BCUT2D eigenvalue weighted by molar-refractivity contribution is 5.95. The van der Waals surface area contributed by atoms with Gasteiger partial charge in [-0.05, 0) is 43.2 Å². The first-order valence-corrected chi connectivity index (χ1v) is 6.92. The van der Waals surface area contributed by atoms with Crippen LogP contribution in [-0.4, -0.2) is 9.91 Å². The van der Waals surface area contributed by atoms with Gasteiger partial charge in [-0.3, -0.25) is 15.1 Å². The lowest BCUT2D eigenvalue weighted by Crippen LogP contribution is -1.95. The van der Waals surface area contributed by atoms with Crippen molar-refractivity contribution in [1.82, 2.24) is 4.98 Å². The molecule has 5 heteroatoms. The molecule has 0 aliphatic heterocycles. The molecule has 5 nitrogen and oxygen atoms in total. The molecule has 22 heavy (non-hydrogen) atoms. The quantitative estimate of drug-likeness (QED) is 0.570. The minimum atomic E-state index is -0.405. The van der Waals surface area contributed by atoms with Crippen LogP contribution >= 0.6 is 0 Å². The van der Waals surface area contributed by atoms with Crippen molar-refractivity contribution in [2.24, 2.45) is 0 Å². The van der Waals surface area contributed by atoms with E-state index in [-0.39, 0.29) is 5.69 Å². The van der Waals surface area contributed by atoms with Gasteiger partial charge < -0.3 is 5.32 Å². The molecule has 0 amide bonds. The van der Waals surface area contributed by atoms with Gasteiger partial charge in [-0.15, -0.1) is 0 Å². The van der Waals surface area contributed by atoms with Gasteiger partial charge in [0, 0.05) is 35.1 Å². The Labute approximate surface area is 127 Å². The van der Waals surface area contributed by atoms with Gasteiger partial charge in [0.2, 0.25) is 0 Å². The van der Waals surface area contributed by atoms with Crippen LogP contribution in [0.15, 0.2) is 48.7 Å². The highest BCUT2D eigenvalue weighted by Crippen LogP contribution is 2.28. The molecule has 0 atom stereocenters. The fraction of sp³-hybridized carbons (Fsp3) is 0.118. The van der Waals surface area contributed by atoms with Crippen molar-refractivity contribution in [3.8, 4) is 0 Å². The number of nitro benzene ring substituents is 1. The summed E-state index contributed by atoms with van der Waals surface area (Å²) in [7, 11) is 0. The number of hydrogen-bond acceptors (Lipinski definition) is 4. The van der Waals surface area contributed by atoms with E-state index in [2.05, 4.69) is 30.2 Å². The first-order valence-electron chi connectivity index (χ1n) is 6.92. The normalized spacial score (nSPS) is 10.6. The average Bonchev–Trinajstić information content (AvgIpc) is 2.52. The summed E-state index contributed by atoms with van der Waals surface area (Å²) in [6, 6.07) is 12.4. The monoisotopic (exact) mass is 293 g/mol. The van der Waals surface area contributed by atoms with Crippen molar-refractivity contribution in [1.29, 1.82) is 0 Å². The summed E-state index contributed by atoms with van der Waals surface area (Å²) in [5, 5.41) is 15.0. The molecule has 1 heterocycles. The van der Waals surface area contributed by atoms with E-state index >= 15 is 0 Å². The van der Waals surface area contributed by atoms with E-state index in [4.69, 9.17) is 0 Å². The molecule has 3 rings (SSSR count).